The van der Waals surface area contributed by atoms with Crippen molar-refractivity contribution in [2.75, 3.05) is 37.4 Å². The molecule has 0 spiro atoms. The highest BCUT2D eigenvalue weighted by molar-refractivity contribution is 6.32. The number of hydrogen-bond donors (Lipinski definition) is 3. The van der Waals surface area contributed by atoms with Crippen LogP contribution in [0.1, 0.15) is 24.5 Å². The normalized spacial score (nSPS) is 15.2. The molecule has 2 heterocycles. The molecule has 238 valence electrons. The highest BCUT2D eigenvalue weighted by atomic mass is 35.5. The van der Waals surface area contributed by atoms with Gasteiger partial charge in [0.15, 0.2) is 0 Å². The number of rotatable bonds is 12. The number of carbonyl (C=O) groups excluding carboxylic acids is 1. The van der Waals surface area contributed by atoms with Gasteiger partial charge in [0.2, 0.25) is 5.91 Å². The van der Waals surface area contributed by atoms with Crippen molar-refractivity contribution in [3.8, 4) is 17.6 Å². The number of halogens is 2. The maximum absolute atomic E-state index is 13.5. The topological polar surface area (TPSA) is 129 Å². The van der Waals surface area contributed by atoms with Crippen LogP contribution >= 0.6 is 11.6 Å². The average molecular weight is 646 g/mol. The molecule has 1 amide bonds. The molecule has 0 aliphatic carbocycles. The molecule has 1 aliphatic heterocycles. The quantitative estimate of drug-likeness (QED) is 0.123. The number of nitrogens with one attached hydrogen (secondary N) is 2. The Bertz CT molecular complexity index is 1790. The molecule has 0 saturated carbocycles. The van der Waals surface area contributed by atoms with Crippen LogP contribution in [-0.4, -0.2) is 60.0 Å². The monoisotopic (exact) mass is 645 g/mol. The van der Waals surface area contributed by atoms with Crippen LogP contribution in [0.15, 0.2) is 72.9 Å². The highest BCUT2D eigenvalue weighted by Crippen LogP contribution is 2.39. The van der Waals surface area contributed by atoms with Gasteiger partial charge in [-0.1, -0.05) is 29.8 Å². The number of hydrogen-bond acceptors (Lipinski definition) is 9. The first kappa shape index (κ1) is 32.7. The van der Waals surface area contributed by atoms with Gasteiger partial charge in [0.25, 0.3) is 0 Å². The van der Waals surface area contributed by atoms with Crippen molar-refractivity contribution in [3.63, 3.8) is 0 Å². The molecule has 1 fully saturated rings. The van der Waals surface area contributed by atoms with Gasteiger partial charge in [0.05, 0.1) is 35.0 Å². The number of aromatic nitrogens is 1. The minimum Gasteiger partial charge on any atom is -0.487 e. The molecule has 0 radical (unpaired) electrons. The molecule has 1 saturated heterocycles. The first-order valence-corrected chi connectivity index (χ1v) is 15.0. The fourth-order valence-corrected chi connectivity index (χ4v) is 4.98. The largest absolute Gasteiger partial charge is 0.487 e. The number of benzene rings is 3. The number of carbonyl (C=O) groups is 1. The van der Waals surface area contributed by atoms with Crippen LogP contribution in [0, 0.1) is 17.1 Å². The Kier molecular flexibility index (Phi) is 10.7. The summed E-state index contributed by atoms with van der Waals surface area (Å²) in [7, 11) is 1.74. The van der Waals surface area contributed by atoms with Gasteiger partial charge in [0.1, 0.15) is 48.0 Å². The lowest BCUT2D eigenvalue weighted by Gasteiger charge is -2.19. The molecule has 46 heavy (non-hydrogen) atoms. The molecule has 3 aromatic carbocycles. The van der Waals surface area contributed by atoms with Crippen LogP contribution in [0.3, 0.4) is 0 Å². The minimum absolute atomic E-state index is 0.135. The fraction of sp³-hybridized carbons (Fsp3) is 0.265. The van der Waals surface area contributed by atoms with E-state index >= 15 is 0 Å². The zero-order valence-corrected chi connectivity index (χ0v) is 26.1. The van der Waals surface area contributed by atoms with E-state index in [1.807, 2.05) is 0 Å². The van der Waals surface area contributed by atoms with Gasteiger partial charge in [-0.2, -0.15) is 5.26 Å². The third-order valence-corrected chi connectivity index (χ3v) is 7.63. The summed E-state index contributed by atoms with van der Waals surface area (Å²) in [4.78, 5) is 19.2. The van der Waals surface area contributed by atoms with E-state index in [0.29, 0.717) is 76.2 Å². The number of amides is 1. The number of aliphatic hydroxyl groups is 1. The summed E-state index contributed by atoms with van der Waals surface area (Å²) in [6.45, 7) is 3.13. The van der Waals surface area contributed by atoms with Crippen LogP contribution in [0.5, 0.6) is 11.5 Å². The van der Waals surface area contributed by atoms with E-state index in [-0.39, 0.29) is 24.1 Å². The summed E-state index contributed by atoms with van der Waals surface area (Å²) < 4.78 is 31.0. The van der Waals surface area contributed by atoms with Gasteiger partial charge in [-0.15, -0.1) is 0 Å². The first-order chi connectivity index (χ1) is 22.2. The predicted octanol–water partition coefficient (Wildman–Crippen LogP) is 6.15. The molecule has 5 rings (SSSR count). The third-order valence-electron chi connectivity index (χ3n) is 7.34. The maximum Gasteiger partial charge on any atom is 0.248 e. The van der Waals surface area contributed by atoms with Crippen LogP contribution < -0.4 is 20.1 Å². The summed E-state index contributed by atoms with van der Waals surface area (Å²) in [6.07, 6.45) is 4.29. The maximum atomic E-state index is 13.5. The van der Waals surface area contributed by atoms with Crippen molar-refractivity contribution in [2.45, 2.75) is 32.3 Å². The second kappa shape index (κ2) is 15.0. The standard InChI is InChI=1S/C34H33ClFN5O5/c1-21(42)41(2)13-4-7-31(43)40-34-30(46-26-12-14-44-20-26)11-9-27-32(23(17-37)18-38-33(27)34)39-25-8-10-29(28(35)16-25)45-19-22-5-3-6-24(36)15-22/h3-11,15-16,18,21,26,42H,12-14,19-20H2,1-2H3,(H,38,39)(H,40,43)/b7-4+/t21-,26-/m0/s1. The number of likely N-dealkylation sites (N-methyl/N-ethyl adjacent to an activating group) is 1. The van der Waals surface area contributed by atoms with Crippen LogP contribution in [0.2, 0.25) is 5.02 Å². The minimum atomic E-state index is -0.664. The van der Waals surface area contributed by atoms with Gasteiger partial charge in [-0.05, 0) is 62.0 Å². The number of nitriles is 1. The number of nitrogens with zero attached hydrogens (tertiary/aromatic N) is 3. The summed E-state index contributed by atoms with van der Waals surface area (Å²) in [5.74, 6) is 0.0553. The first-order valence-electron chi connectivity index (χ1n) is 14.6. The van der Waals surface area contributed by atoms with Crippen molar-refractivity contribution in [1.29, 1.82) is 5.26 Å². The number of anilines is 3. The lowest BCUT2D eigenvalue weighted by atomic mass is 10.1. The summed E-state index contributed by atoms with van der Waals surface area (Å²) in [5.41, 5.74) is 2.71. The van der Waals surface area contributed by atoms with Gasteiger partial charge in [-0.3, -0.25) is 14.7 Å². The third kappa shape index (κ3) is 8.10. The van der Waals surface area contributed by atoms with Crippen molar-refractivity contribution in [3.05, 3.63) is 94.9 Å². The highest BCUT2D eigenvalue weighted by Gasteiger charge is 2.22. The van der Waals surface area contributed by atoms with Gasteiger partial charge < -0.3 is 30.0 Å². The molecule has 0 bridgehead atoms. The van der Waals surface area contributed by atoms with Gasteiger partial charge in [-0.25, -0.2) is 4.39 Å². The van der Waals surface area contributed by atoms with E-state index in [0.717, 1.165) is 0 Å². The lowest BCUT2D eigenvalue weighted by molar-refractivity contribution is -0.112. The molecule has 0 unspecified atom stereocenters. The van der Waals surface area contributed by atoms with Crippen LogP contribution in [0.4, 0.5) is 21.5 Å². The van der Waals surface area contributed by atoms with E-state index in [9.17, 15) is 19.6 Å². The lowest BCUT2D eigenvalue weighted by Crippen LogP contribution is -2.28. The molecule has 4 aromatic rings. The van der Waals surface area contributed by atoms with Crippen LogP contribution in [0.25, 0.3) is 10.9 Å². The average Bonchev–Trinajstić information content (AvgIpc) is 3.55. The van der Waals surface area contributed by atoms with Crippen molar-refractivity contribution >= 4 is 45.5 Å². The van der Waals surface area contributed by atoms with E-state index < -0.39 is 12.1 Å². The molecule has 10 nitrogen and oxygen atoms in total. The summed E-state index contributed by atoms with van der Waals surface area (Å²) >= 11 is 6.53. The predicted molar refractivity (Wildman–Crippen MR) is 174 cm³/mol. The Morgan fingerprint density at radius 1 is 1.26 bits per heavy atom. The van der Waals surface area contributed by atoms with Crippen molar-refractivity contribution in [1.82, 2.24) is 9.88 Å². The summed E-state index contributed by atoms with van der Waals surface area (Å²) in [6, 6.07) is 16.9. The van der Waals surface area contributed by atoms with Gasteiger partial charge in [0, 0.05) is 36.3 Å². The summed E-state index contributed by atoms with van der Waals surface area (Å²) in [5, 5.41) is 26.7. The van der Waals surface area contributed by atoms with E-state index in [2.05, 4.69) is 21.7 Å². The van der Waals surface area contributed by atoms with E-state index in [1.54, 1.807) is 67.4 Å². The number of fused-ring (bicyclic) bond motifs is 1. The molecular formula is C34H33ClFN5O5. The number of pyridine rings is 1. The van der Waals surface area contributed by atoms with Gasteiger partial charge >= 0.3 is 0 Å². The van der Waals surface area contributed by atoms with Crippen molar-refractivity contribution < 1.29 is 28.5 Å². The molecule has 1 aromatic heterocycles. The molecule has 12 heteroatoms. The molecule has 1 aliphatic rings. The van der Waals surface area contributed by atoms with Crippen molar-refractivity contribution in [2.24, 2.45) is 0 Å². The molecule has 2 atom stereocenters. The fourth-order valence-electron chi connectivity index (χ4n) is 4.74. The number of ether oxygens (including phenoxy) is 3. The second-order valence-electron chi connectivity index (χ2n) is 10.7. The Morgan fingerprint density at radius 3 is 2.80 bits per heavy atom. The molecule has 3 N–H and O–H groups in total. The Morgan fingerprint density at radius 2 is 2.09 bits per heavy atom. The van der Waals surface area contributed by atoms with E-state index in [1.165, 1.54) is 24.4 Å². The zero-order valence-electron chi connectivity index (χ0n) is 25.3. The number of aliphatic hydroxyl groups excluding tert-OH is 1. The smallest absolute Gasteiger partial charge is 0.248 e. The SMILES string of the molecule is C[C@H](O)N(C)C/C=C/C(=O)Nc1c(O[C@H]2CCOC2)ccc2c(Nc3ccc(OCc4cccc(F)c4)c(Cl)c3)c(C#N)cnc12. The zero-order chi connectivity index (χ0) is 32.6. The van der Waals surface area contributed by atoms with E-state index in [4.69, 9.17) is 25.8 Å². The Labute approximate surface area is 271 Å². The molecular weight excluding hydrogens is 613 g/mol. The second-order valence-corrected chi connectivity index (χ2v) is 11.2. The Hall–Kier alpha value is -4.73. The Balaban J connectivity index is 1.44. The van der Waals surface area contributed by atoms with Crippen LogP contribution in [-0.2, 0) is 16.1 Å².